The van der Waals surface area contributed by atoms with E-state index in [1.54, 1.807) is 14.2 Å². The Morgan fingerprint density at radius 2 is 1.67 bits per heavy atom. The van der Waals surface area contributed by atoms with Crippen LogP contribution in [0, 0.1) is 0 Å². The van der Waals surface area contributed by atoms with E-state index >= 15 is 0 Å². The average molecular weight is 389 g/mol. The minimum Gasteiger partial charge on any atom is -0.493 e. The third-order valence-corrected chi connectivity index (χ3v) is 4.23. The highest BCUT2D eigenvalue weighted by Crippen LogP contribution is 2.31. The summed E-state index contributed by atoms with van der Waals surface area (Å²) in [6.07, 6.45) is 1.02. The minimum absolute atomic E-state index is 0.0633. The molecule has 2 aromatic rings. The second kappa shape index (κ2) is 10.0. The van der Waals surface area contributed by atoms with Crippen molar-refractivity contribution in [2.45, 2.75) is 39.3 Å². The number of anilines is 1. The molecule has 1 atom stereocenters. The van der Waals surface area contributed by atoms with Gasteiger partial charge in [-0.2, -0.15) is 0 Å². The fourth-order valence-electron chi connectivity index (χ4n) is 2.71. The largest absolute Gasteiger partial charge is 0.493 e. The van der Waals surface area contributed by atoms with Crippen LogP contribution in [0.2, 0.25) is 0 Å². The molecule has 0 aromatic heterocycles. The monoisotopic (exact) mass is 388 g/mol. The first kappa shape index (κ1) is 20.8. The summed E-state index contributed by atoms with van der Waals surface area (Å²) in [6.45, 7) is 6.11. The first-order valence-corrected chi connectivity index (χ1v) is 9.43. The van der Waals surface area contributed by atoms with Gasteiger partial charge in [0.1, 0.15) is 5.75 Å². The van der Waals surface area contributed by atoms with E-state index < -0.39 is 0 Å². The smallest absolute Gasteiger partial charge is 0.171 e. The molecule has 0 aliphatic carbocycles. The molecule has 0 aliphatic heterocycles. The van der Waals surface area contributed by atoms with Crippen molar-refractivity contribution in [3.63, 3.8) is 0 Å². The molecule has 6 heteroatoms. The van der Waals surface area contributed by atoms with Gasteiger partial charge in [0.25, 0.3) is 0 Å². The third kappa shape index (κ3) is 6.03. The lowest BCUT2D eigenvalue weighted by Gasteiger charge is -2.21. The number of thiocarbonyl (C=S) groups is 1. The second-order valence-corrected chi connectivity index (χ2v) is 6.77. The predicted octanol–water partition coefficient (Wildman–Crippen LogP) is 4.93. The van der Waals surface area contributed by atoms with Crippen LogP contribution < -0.4 is 24.8 Å². The highest BCUT2D eigenvalue weighted by Gasteiger charge is 2.14. The van der Waals surface area contributed by atoms with Crippen molar-refractivity contribution in [3.05, 3.63) is 48.0 Å². The molecule has 2 aromatic carbocycles. The van der Waals surface area contributed by atoms with Crippen LogP contribution in [-0.4, -0.2) is 25.4 Å². The van der Waals surface area contributed by atoms with E-state index in [-0.39, 0.29) is 12.1 Å². The standard InChI is InChI=1S/C21H28N2O3S/c1-6-18(15-7-12-19(24-4)20(13-15)25-5)23-21(27)22-16-8-10-17(11-9-16)26-14(2)3/h7-14,18H,6H2,1-5H3,(H2,22,23,27)/t18-/m1/s1. The summed E-state index contributed by atoms with van der Waals surface area (Å²) < 4.78 is 16.4. The van der Waals surface area contributed by atoms with Crippen LogP contribution in [0.4, 0.5) is 5.69 Å². The van der Waals surface area contributed by atoms with Gasteiger partial charge in [0.2, 0.25) is 0 Å². The lowest BCUT2D eigenvalue weighted by atomic mass is 10.0. The zero-order chi connectivity index (χ0) is 19.8. The molecule has 0 unspecified atom stereocenters. The molecule has 0 saturated carbocycles. The van der Waals surface area contributed by atoms with Crippen LogP contribution in [0.25, 0.3) is 0 Å². The number of nitrogens with one attached hydrogen (secondary N) is 2. The van der Waals surface area contributed by atoms with E-state index in [0.717, 1.165) is 23.4 Å². The molecule has 0 amide bonds. The summed E-state index contributed by atoms with van der Waals surface area (Å²) >= 11 is 5.48. The Hall–Kier alpha value is -2.47. The maximum Gasteiger partial charge on any atom is 0.171 e. The van der Waals surface area contributed by atoms with Gasteiger partial charge in [-0.1, -0.05) is 13.0 Å². The van der Waals surface area contributed by atoms with E-state index in [4.69, 9.17) is 26.4 Å². The Morgan fingerprint density at radius 1 is 1.00 bits per heavy atom. The van der Waals surface area contributed by atoms with Crippen LogP contribution in [0.5, 0.6) is 17.2 Å². The summed E-state index contributed by atoms with van der Waals surface area (Å²) in [5, 5.41) is 7.14. The molecule has 2 rings (SSSR count). The van der Waals surface area contributed by atoms with Crippen LogP contribution in [0.1, 0.15) is 38.8 Å². The Labute approximate surface area is 167 Å². The first-order valence-electron chi connectivity index (χ1n) is 9.03. The summed E-state index contributed by atoms with van der Waals surface area (Å²) in [6, 6.07) is 13.7. The van der Waals surface area contributed by atoms with Crippen molar-refractivity contribution in [1.82, 2.24) is 5.32 Å². The highest BCUT2D eigenvalue weighted by atomic mass is 32.1. The van der Waals surface area contributed by atoms with Crippen molar-refractivity contribution in [1.29, 1.82) is 0 Å². The number of methoxy groups -OCH3 is 2. The molecular formula is C21H28N2O3S. The van der Waals surface area contributed by atoms with Crippen molar-refractivity contribution < 1.29 is 14.2 Å². The minimum atomic E-state index is 0.0633. The molecule has 0 saturated heterocycles. The van der Waals surface area contributed by atoms with Gasteiger partial charge in [0.05, 0.1) is 26.4 Å². The summed E-state index contributed by atoms with van der Waals surface area (Å²) in [5.74, 6) is 2.25. The molecule has 0 fully saturated rings. The molecule has 0 bridgehead atoms. The molecule has 0 radical (unpaired) electrons. The normalized spacial score (nSPS) is 11.6. The van der Waals surface area contributed by atoms with Gasteiger partial charge in [0, 0.05) is 5.69 Å². The van der Waals surface area contributed by atoms with Crippen LogP contribution >= 0.6 is 12.2 Å². The number of ether oxygens (including phenoxy) is 3. The molecule has 0 aliphatic rings. The maximum absolute atomic E-state index is 5.66. The third-order valence-electron chi connectivity index (χ3n) is 4.01. The Kier molecular flexibility index (Phi) is 7.73. The molecule has 146 valence electrons. The van der Waals surface area contributed by atoms with Gasteiger partial charge in [0.15, 0.2) is 16.6 Å². The van der Waals surface area contributed by atoms with E-state index in [9.17, 15) is 0 Å². The summed E-state index contributed by atoms with van der Waals surface area (Å²) in [5.41, 5.74) is 1.99. The lowest BCUT2D eigenvalue weighted by molar-refractivity contribution is 0.242. The molecule has 27 heavy (non-hydrogen) atoms. The summed E-state index contributed by atoms with van der Waals surface area (Å²) in [7, 11) is 3.26. The van der Waals surface area contributed by atoms with Gasteiger partial charge in [-0.3, -0.25) is 0 Å². The molecule has 0 heterocycles. The zero-order valence-electron chi connectivity index (χ0n) is 16.5. The molecular weight excluding hydrogens is 360 g/mol. The first-order chi connectivity index (χ1) is 13.0. The van der Waals surface area contributed by atoms with E-state index in [0.29, 0.717) is 16.6 Å². The Morgan fingerprint density at radius 3 is 2.22 bits per heavy atom. The molecule has 0 spiro atoms. The van der Waals surface area contributed by atoms with Crippen molar-refractivity contribution in [3.8, 4) is 17.2 Å². The van der Waals surface area contributed by atoms with Crippen LogP contribution in [0.3, 0.4) is 0 Å². The molecule has 2 N–H and O–H groups in total. The Bertz CT molecular complexity index is 748. The lowest BCUT2D eigenvalue weighted by Crippen LogP contribution is -2.32. The van der Waals surface area contributed by atoms with E-state index in [2.05, 4.69) is 17.6 Å². The summed E-state index contributed by atoms with van der Waals surface area (Å²) in [4.78, 5) is 0. The van der Waals surface area contributed by atoms with Gasteiger partial charge in [-0.25, -0.2) is 0 Å². The SMILES string of the molecule is CC[C@@H](NC(=S)Nc1ccc(OC(C)C)cc1)c1ccc(OC)c(OC)c1. The average Bonchev–Trinajstić information content (AvgIpc) is 2.66. The fourth-order valence-corrected chi connectivity index (χ4v) is 2.97. The number of hydrogen-bond donors (Lipinski definition) is 2. The van der Waals surface area contributed by atoms with E-state index in [1.165, 1.54) is 0 Å². The van der Waals surface area contributed by atoms with Gasteiger partial charge in [-0.15, -0.1) is 0 Å². The quantitative estimate of drug-likeness (QED) is 0.626. The predicted molar refractivity (Wildman–Crippen MR) is 114 cm³/mol. The number of hydrogen-bond acceptors (Lipinski definition) is 4. The second-order valence-electron chi connectivity index (χ2n) is 6.36. The van der Waals surface area contributed by atoms with Gasteiger partial charge in [-0.05, 0) is 74.4 Å². The number of benzene rings is 2. The number of rotatable bonds is 8. The highest BCUT2D eigenvalue weighted by molar-refractivity contribution is 7.80. The van der Waals surface area contributed by atoms with Crippen LogP contribution in [-0.2, 0) is 0 Å². The topological polar surface area (TPSA) is 51.8 Å². The maximum atomic E-state index is 5.66. The van der Waals surface area contributed by atoms with Crippen LogP contribution in [0.15, 0.2) is 42.5 Å². The fraction of sp³-hybridized carbons (Fsp3) is 0.381. The van der Waals surface area contributed by atoms with Crippen molar-refractivity contribution in [2.24, 2.45) is 0 Å². The van der Waals surface area contributed by atoms with Crippen molar-refractivity contribution in [2.75, 3.05) is 19.5 Å². The molecule has 5 nitrogen and oxygen atoms in total. The Balaban J connectivity index is 2.02. The zero-order valence-corrected chi connectivity index (χ0v) is 17.4. The van der Waals surface area contributed by atoms with E-state index in [1.807, 2.05) is 56.3 Å². The van der Waals surface area contributed by atoms with Gasteiger partial charge < -0.3 is 24.8 Å². The van der Waals surface area contributed by atoms with Gasteiger partial charge >= 0.3 is 0 Å². The van der Waals surface area contributed by atoms with Crippen molar-refractivity contribution >= 4 is 23.0 Å².